The van der Waals surface area contributed by atoms with Crippen LogP contribution >= 0.6 is 0 Å². The van der Waals surface area contributed by atoms with E-state index in [0.29, 0.717) is 0 Å². The molecule has 16 heavy (non-hydrogen) atoms. The number of nitrogens with one attached hydrogen (secondary N) is 1. The van der Waals surface area contributed by atoms with Crippen molar-refractivity contribution in [1.82, 2.24) is 20.3 Å². The van der Waals surface area contributed by atoms with E-state index in [4.69, 9.17) is 5.11 Å². The van der Waals surface area contributed by atoms with Crippen molar-refractivity contribution in [3.63, 3.8) is 0 Å². The first-order valence-corrected chi connectivity index (χ1v) is 4.04. The average Bonchev–Trinajstić information content (AvgIpc) is 2.65. The number of nitrogens with zero attached hydrogens (tertiary/aromatic N) is 3. The molecule has 0 aliphatic carbocycles. The van der Waals surface area contributed by atoms with Gasteiger partial charge in [-0.15, -0.1) is 5.10 Å². The number of carboxylic acids is 1. The lowest BCUT2D eigenvalue weighted by atomic mass is 10.5. The van der Waals surface area contributed by atoms with Crippen molar-refractivity contribution in [2.75, 3.05) is 7.11 Å². The molecule has 0 saturated carbocycles. The van der Waals surface area contributed by atoms with Gasteiger partial charge in [-0.05, 0) is 0 Å². The van der Waals surface area contributed by atoms with Gasteiger partial charge in [0.25, 0.3) is 5.91 Å². The molecular weight excluding hydrogens is 220 g/mol. The number of rotatable bonds is 3. The number of carbonyl (C=O) groups is 3. The fourth-order valence-corrected chi connectivity index (χ4v) is 0.825. The van der Waals surface area contributed by atoms with Gasteiger partial charge in [0, 0.05) is 0 Å². The van der Waals surface area contributed by atoms with Crippen LogP contribution in [0.4, 0.5) is 4.79 Å². The fraction of sp³-hybridized carbons (Fsp3) is 0.286. The molecule has 9 nitrogen and oxygen atoms in total. The van der Waals surface area contributed by atoms with E-state index in [-0.39, 0.29) is 12.2 Å². The molecule has 0 spiro atoms. The first kappa shape index (κ1) is 11.6. The molecule has 0 bridgehead atoms. The highest BCUT2D eigenvalue weighted by molar-refractivity contribution is 5.91. The number of carbonyl (C=O) groups excluding carboxylic acids is 2. The van der Waals surface area contributed by atoms with Crippen LogP contribution in [0, 0.1) is 0 Å². The van der Waals surface area contributed by atoms with Crippen molar-refractivity contribution in [1.29, 1.82) is 0 Å². The average molecular weight is 228 g/mol. The lowest BCUT2D eigenvalue weighted by Crippen LogP contribution is -2.33. The Bertz CT molecular complexity index is 426. The number of carboxylic acid groups (broad SMARTS) is 1. The maximum Gasteiger partial charge on any atom is 0.413 e. The predicted octanol–water partition coefficient (Wildman–Crippen LogP) is -1.14. The van der Waals surface area contributed by atoms with E-state index in [9.17, 15) is 14.4 Å². The first-order valence-electron chi connectivity index (χ1n) is 4.04. The minimum absolute atomic E-state index is 0.286. The summed E-state index contributed by atoms with van der Waals surface area (Å²) in [7, 11) is 1.11. The molecule has 0 radical (unpaired) electrons. The summed E-state index contributed by atoms with van der Waals surface area (Å²) in [5.41, 5.74) is -0.286. The van der Waals surface area contributed by atoms with Crippen LogP contribution in [0.25, 0.3) is 0 Å². The number of aromatic nitrogens is 3. The van der Waals surface area contributed by atoms with Gasteiger partial charge in [0.05, 0.1) is 13.3 Å². The van der Waals surface area contributed by atoms with Gasteiger partial charge in [-0.1, -0.05) is 5.21 Å². The second-order valence-electron chi connectivity index (χ2n) is 2.65. The summed E-state index contributed by atoms with van der Waals surface area (Å²) in [5.74, 6) is -1.94. The second-order valence-corrected chi connectivity index (χ2v) is 2.65. The molecule has 2 amide bonds. The third-order valence-electron chi connectivity index (χ3n) is 1.49. The number of ether oxygens (including phenoxy) is 1. The summed E-state index contributed by atoms with van der Waals surface area (Å²) in [4.78, 5) is 32.2. The van der Waals surface area contributed by atoms with Crippen LogP contribution in [0.15, 0.2) is 6.20 Å². The molecule has 0 saturated heterocycles. The van der Waals surface area contributed by atoms with Gasteiger partial charge in [0.1, 0.15) is 6.54 Å². The quantitative estimate of drug-likeness (QED) is 0.669. The third kappa shape index (κ3) is 3.04. The number of imide groups is 1. The molecule has 0 atom stereocenters. The van der Waals surface area contributed by atoms with Crippen molar-refractivity contribution in [3.05, 3.63) is 11.9 Å². The highest BCUT2D eigenvalue weighted by atomic mass is 16.5. The third-order valence-corrected chi connectivity index (χ3v) is 1.49. The highest BCUT2D eigenvalue weighted by Gasteiger charge is 2.12. The minimum atomic E-state index is -1.25. The minimum Gasteiger partial charge on any atom is -0.476 e. The SMILES string of the molecule is COC(=O)NC(=O)Cn1cc(C(=O)O)nn1. The first-order chi connectivity index (χ1) is 7.52. The van der Waals surface area contributed by atoms with E-state index in [2.05, 4.69) is 15.0 Å². The molecule has 2 N–H and O–H groups in total. The summed E-state index contributed by atoms with van der Waals surface area (Å²) >= 11 is 0. The Morgan fingerprint density at radius 3 is 2.75 bits per heavy atom. The fourth-order valence-electron chi connectivity index (χ4n) is 0.825. The van der Waals surface area contributed by atoms with Crippen molar-refractivity contribution >= 4 is 18.0 Å². The Balaban J connectivity index is 2.56. The van der Waals surface area contributed by atoms with E-state index < -0.39 is 18.0 Å². The number of methoxy groups -OCH3 is 1. The number of amides is 2. The molecule has 0 unspecified atom stereocenters. The molecule has 1 aromatic rings. The van der Waals surface area contributed by atoms with E-state index in [1.807, 2.05) is 5.32 Å². The molecular formula is C7H8N4O5. The van der Waals surface area contributed by atoms with Gasteiger partial charge in [0.15, 0.2) is 5.69 Å². The summed E-state index contributed by atoms with van der Waals surface area (Å²) in [6.07, 6.45) is 0.169. The van der Waals surface area contributed by atoms with Crippen molar-refractivity contribution < 1.29 is 24.2 Å². The van der Waals surface area contributed by atoms with E-state index >= 15 is 0 Å². The molecule has 1 heterocycles. The zero-order chi connectivity index (χ0) is 12.1. The van der Waals surface area contributed by atoms with Crippen LogP contribution in [0.5, 0.6) is 0 Å². The van der Waals surface area contributed by atoms with Crippen LogP contribution in [0.1, 0.15) is 10.5 Å². The standard InChI is InChI=1S/C7H8N4O5/c1-16-7(15)8-5(12)3-11-2-4(6(13)14)9-10-11/h2H,3H2,1H3,(H,13,14)(H,8,12,15). The Labute approximate surface area is 89.0 Å². The topological polar surface area (TPSA) is 123 Å². The van der Waals surface area contributed by atoms with Gasteiger partial charge in [-0.3, -0.25) is 10.1 Å². The van der Waals surface area contributed by atoms with Crippen molar-refractivity contribution in [3.8, 4) is 0 Å². The van der Waals surface area contributed by atoms with E-state index in [1.54, 1.807) is 0 Å². The molecule has 0 aromatic carbocycles. The molecule has 86 valence electrons. The summed E-state index contributed by atoms with van der Waals surface area (Å²) in [5, 5.41) is 17.1. The molecule has 0 fully saturated rings. The molecule has 0 aliphatic rings. The van der Waals surface area contributed by atoms with Crippen LogP contribution in [-0.2, 0) is 16.1 Å². The molecule has 1 aromatic heterocycles. The molecule has 9 heteroatoms. The lowest BCUT2D eigenvalue weighted by molar-refractivity contribution is -0.121. The number of hydrogen-bond acceptors (Lipinski definition) is 6. The highest BCUT2D eigenvalue weighted by Crippen LogP contribution is 1.92. The van der Waals surface area contributed by atoms with Gasteiger partial charge >= 0.3 is 12.1 Å². The van der Waals surface area contributed by atoms with Gasteiger partial charge in [-0.2, -0.15) is 0 Å². The van der Waals surface area contributed by atoms with Gasteiger partial charge < -0.3 is 9.84 Å². The van der Waals surface area contributed by atoms with Crippen LogP contribution in [0.3, 0.4) is 0 Å². The van der Waals surface area contributed by atoms with Crippen molar-refractivity contribution in [2.45, 2.75) is 6.54 Å². The maximum atomic E-state index is 11.1. The van der Waals surface area contributed by atoms with E-state index in [1.165, 1.54) is 0 Å². The Hall–Kier alpha value is -2.45. The largest absolute Gasteiger partial charge is 0.476 e. The van der Waals surface area contributed by atoms with Crippen LogP contribution in [-0.4, -0.2) is 45.2 Å². The zero-order valence-electron chi connectivity index (χ0n) is 8.21. The number of alkyl carbamates (subject to hydrolysis) is 1. The van der Waals surface area contributed by atoms with Gasteiger partial charge in [0.2, 0.25) is 0 Å². The van der Waals surface area contributed by atoms with Crippen LogP contribution in [0.2, 0.25) is 0 Å². The Morgan fingerprint density at radius 1 is 1.56 bits per heavy atom. The van der Waals surface area contributed by atoms with Gasteiger partial charge in [-0.25, -0.2) is 14.3 Å². The predicted molar refractivity (Wildman–Crippen MR) is 47.5 cm³/mol. The summed E-state index contributed by atoms with van der Waals surface area (Å²) < 4.78 is 5.18. The van der Waals surface area contributed by atoms with Crippen LogP contribution < -0.4 is 5.32 Å². The summed E-state index contributed by atoms with van der Waals surface area (Å²) in [6.45, 7) is -0.324. The van der Waals surface area contributed by atoms with E-state index in [0.717, 1.165) is 18.0 Å². The number of aromatic carboxylic acids is 1. The monoisotopic (exact) mass is 228 g/mol. The molecule has 0 aliphatic heterocycles. The number of hydrogen-bond donors (Lipinski definition) is 2. The normalized spacial score (nSPS) is 9.56. The second kappa shape index (κ2) is 4.87. The summed E-state index contributed by atoms with van der Waals surface area (Å²) in [6, 6.07) is 0. The van der Waals surface area contributed by atoms with Crippen molar-refractivity contribution in [2.24, 2.45) is 0 Å². The molecule has 1 rings (SSSR count). The maximum absolute atomic E-state index is 11.1. The smallest absolute Gasteiger partial charge is 0.413 e. The Morgan fingerprint density at radius 2 is 2.25 bits per heavy atom. The Kier molecular flexibility index (Phi) is 3.53. The zero-order valence-corrected chi connectivity index (χ0v) is 8.21. The lowest BCUT2D eigenvalue weighted by Gasteiger charge is -2.01.